The highest BCUT2D eigenvalue weighted by molar-refractivity contribution is 7.99. The minimum Gasteiger partial charge on any atom is -0.391 e. The molecule has 2 nitrogen and oxygen atoms in total. The lowest BCUT2D eigenvalue weighted by Crippen LogP contribution is -2.26. The van der Waals surface area contributed by atoms with E-state index in [0.717, 1.165) is 26.8 Å². The molecule has 5 heteroatoms. The third-order valence-electron chi connectivity index (χ3n) is 3.32. The Morgan fingerprint density at radius 3 is 2.41 bits per heavy atom. The fourth-order valence-corrected chi connectivity index (χ4v) is 3.28. The van der Waals surface area contributed by atoms with Crippen molar-refractivity contribution in [2.75, 3.05) is 0 Å². The van der Waals surface area contributed by atoms with E-state index >= 15 is 0 Å². The Labute approximate surface area is 147 Å². The lowest BCUT2D eigenvalue weighted by Gasteiger charge is -2.21. The van der Waals surface area contributed by atoms with Gasteiger partial charge in [0.1, 0.15) is 0 Å². The van der Waals surface area contributed by atoms with Gasteiger partial charge in [-0.1, -0.05) is 54.9 Å². The van der Waals surface area contributed by atoms with Gasteiger partial charge in [-0.05, 0) is 42.3 Å². The number of hydrogen-bond acceptors (Lipinski definition) is 3. The van der Waals surface area contributed by atoms with Gasteiger partial charge in [-0.2, -0.15) is 0 Å². The molecule has 0 spiro atoms. The molecular weight excluding hydrogens is 337 g/mol. The summed E-state index contributed by atoms with van der Waals surface area (Å²) in [5.41, 5.74) is 7.20. The van der Waals surface area contributed by atoms with Crippen molar-refractivity contribution in [3.05, 3.63) is 59.1 Å². The van der Waals surface area contributed by atoms with Gasteiger partial charge in [0.05, 0.1) is 12.1 Å². The zero-order chi connectivity index (χ0) is 15.2. The second-order valence-corrected chi connectivity index (χ2v) is 6.53. The fourth-order valence-electron chi connectivity index (χ4n) is 2.16. The minimum absolute atomic E-state index is 0. The summed E-state index contributed by atoms with van der Waals surface area (Å²) in [7, 11) is 0. The zero-order valence-electron chi connectivity index (χ0n) is 12.4. The van der Waals surface area contributed by atoms with Crippen LogP contribution in [0.5, 0.6) is 0 Å². The Morgan fingerprint density at radius 2 is 1.77 bits per heavy atom. The number of halogens is 2. The largest absolute Gasteiger partial charge is 0.391 e. The number of rotatable bonds is 6. The van der Waals surface area contributed by atoms with Crippen LogP contribution < -0.4 is 5.73 Å². The van der Waals surface area contributed by atoms with Gasteiger partial charge in [0.25, 0.3) is 0 Å². The first-order valence-electron chi connectivity index (χ1n) is 7.07. The average molecular weight is 358 g/mol. The molecule has 3 N–H and O–H groups in total. The van der Waals surface area contributed by atoms with Gasteiger partial charge in [0.2, 0.25) is 0 Å². The van der Waals surface area contributed by atoms with E-state index in [4.69, 9.17) is 17.3 Å². The van der Waals surface area contributed by atoms with Crippen LogP contribution in [0.3, 0.4) is 0 Å². The van der Waals surface area contributed by atoms with E-state index in [2.05, 4.69) is 0 Å². The van der Waals surface area contributed by atoms with Crippen LogP contribution in [0.25, 0.3) is 0 Å². The van der Waals surface area contributed by atoms with Crippen LogP contribution in [0.15, 0.2) is 58.3 Å². The summed E-state index contributed by atoms with van der Waals surface area (Å²) >= 11 is 7.55. The van der Waals surface area contributed by atoms with Crippen LogP contribution in [-0.4, -0.2) is 11.2 Å². The van der Waals surface area contributed by atoms with Crippen LogP contribution in [-0.2, 0) is 0 Å². The van der Waals surface area contributed by atoms with E-state index < -0.39 is 6.10 Å². The first-order valence-corrected chi connectivity index (χ1v) is 8.27. The molecule has 2 aromatic carbocycles. The van der Waals surface area contributed by atoms with E-state index in [1.807, 2.05) is 55.5 Å². The number of hydrogen-bond donors (Lipinski definition) is 2. The molecule has 120 valence electrons. The van der Waals surface area contributed by atoms with Crippen LogP contribution >= 0.6 is 35.8 Å². The van der Waals surface area contributed by atoms with Gasteiger partial charge in [0, 0.05) is 14.8 Å². The van der Waals surface area contributed by atoms with E-state index in [1.165, 1.54) is 0 Å². The van der Waals surface area contributed by atoms with Crippen molar-refractivity contribution in [1.29, 1.82) is 0 Å². The molecule has 0 aliphatic heterocycles. The summed E-state index contributed by atoms with van der Waals surface area (Å²) in [4.78, 5) is 2.17. The zero-order valence-corrected chi connectivity index (χ0v) is 14.8. The Hall–Kier alpha value is -0.710. The van der Waals surface area contributed by atoms with Gasteiger partial charge >= 0.3 is 0 Å². The second-order valence-electron chi connectivity index (χ2n) is 4.98. The number of aliphatic hydroxyl groups excluding tert-OH is 1. The molecule has 0 aliphatic carbocycles. The molecule has 0 aliphatic rings. The van der Waals surface area contributed by atoms with Crippen molar-refractivity contribution in [2.45, 2.75) is 41.7 Å². The SMILES string of the molecule is CCC[C@H](O)[C@H](N)c1ccccc1Sc1ccc(Cl)cc1.Cl. The Morgan fingerprint density at radius 1 is 1.14 bits per heavy atom. The van der Waals surface area contributed by atoms with Gasteiger partial charge in [0.15, 0.2) is 0 Å². The predicted octanol–water partition coefficient (Wildman–Crippen LogP) is 5.07. The molecule has 0 heterocycles. The second kappa shape index (κ2) is 9.43. The Kier molecular flexibility index (Phi) is 8.29. The highest BCUT2D eigenvalue weighted by Crippen LogP contribution is 2.34. The van der Waals surface area contributed by atoms with Crippen LogP contribution in [0.1, 0.15) is 31.4 Å². The molecule has 22 heavy (non-hydrogen) atoms. The summed E-state index contributed by atoms with van der Waals surface area (Å²) in [5, 5.41) is 10.9. The lowest BCUT2D eigenvalue weighted by atomic mass is 9.99. The van der Waals surface area contributed by atoms with Crippen LogP contribution in [0, 0.1) is 0 Å². The van der Waals surface area contributed by atoms with E-state index in [0.29, 0.717) is 6.42 Å². The number of benzene rings is 2. The number of nitrogens with two attached hydrogens (primary N) is 1. The van der Waals surface area contributed by atoms with Crippen molar-refractivity contribution in [2.24, 2.45) is 5.73 Å². The van der Waals surface area contributed by atoms with Gasteiger partial charge in [-0.25, -0.2) is 0 Å². The van der Waals surface area contributed by atoms with E-state index in [-0.39, 0.29) is 18.4 Å². The average Bonchev–Trinajstić information content (AvgIpc) is 2.50. The highest BCUT2D eigenvalue weighted by atomic mass is 35.5. The van der Waals surface area contributed by atoms with Gasteiger partial charge < -0.3 is 10.8 Å². The molecule has 2 aromatic rings. The summed E-state index contributed by atoms with van der Waals surface area (Å²) in [5.74, 6) is 0. The molecule has 0 aromatic heterocycles. The van der Waals surface area contributed by atoms with E-state index in [9.17, 15) is 5.11 Å². The summed E-state index contributed by atoms with van der Waals surface area (Å²) in [6.07, 6.45) is 1.12. The third-order valence-corrected chi connectivity index (χ3v) is 4.67. The molecule has 0 unspecified atom stereocenters. The maximum absolute atomic E-state index is 10.1. The van der Waals surface area contributed by atoms with Crippen molar-refractivity contribution < 1.29 is 5.11 Å². The Bertz CT molecular complexity index is 577. The van der Waals surface area contributed by atoms with E-state index in [1.54, 1.807) is 11.8 Å². The normalized spacial score (nSPS) is 13.3. The predicted molar refractivity (Wildman–Crippen MR) is 97.1 cm³/mol. The first-order chi connectivity index (χ1) is 10.1. The smallest absolute Gasteiger partial charge is 0.0733 e. The standard InChI is InChI=1S/C17H20ClNOS.ClH/c1-2-5-15(20)17(19)14-6-3-4-7-16(14)21-13-10-8-12(18)9-11-13;/h3-4,6-11,15,17,20H,2,5,19H2,1H3;1H/t15-,17+;/m0./s1. The summed E-state index contributed by atoms with van der Waals surface area (Å²) in [6, 6.07) is 15.3. The third kappa shape index (κ3) is 5.18. The first kappa shape index (κ1) is 19.3. The maximum atomic E-state index is 10.1. The summed E-state index contributed by atoms with van der Waals surface area (Å²) in [6.45, 7) is 2.05. The van der Waals surface area contributed by atoms with Gasteiger partial charge in [-0.15, -0.1) is 12.4 Å². The monoisotopic (exact) mass is 357 g/mol. The molecule has 0 bridgehead atoms. The van der Waals surface area contributed by atoms with Crippen molar-refractivity contribution in [1.82, 2.24) is 0 Å². The molecule has 0 radical (unpaired) electrons. The number of aliphatic hydroxyl groups is 1. The molecule has 0 saturated heterocycles. The fraction of sp³-hybridized carbons (Fsp3) is 0.294. The maximum Gasteiger partial charge on any atom is 0.0733 e. The van der Waals surface area contributed by atoms with Crippen LogP contribution in [0.4, 0.5) is 0 Å². The minimum atomic E-state index is -0.512. The highest BCUT2D eigenvalue weighted by Gasteiger charge is 2.19. The van der Waals surface area contributed by atoms with Crippen molar-refractivity contribution in [3.8, 4) is 0 Å². The van der Waals surface area contributed by atoms with Crippen molar-refractivity contribution in [3.63, 3.8) is 0 Å². The summed E-state index contributed by atoms with van der Waals surface area (Å²) < 4.78 is 0. The quantitative estimate of drug-likeness (QED) is 0.757. The van der Waals surface area contributed by atoms with Gasteiger partial charge in [-0.3, -0.25) is 0 Å². The molecule has 2 atom stereocenters. The molecule has 0 saturated carbocycles. The van der Waals surface area contributed by atoms with Crippen LogP contribution in [0.2, 0.25) is 5.02 Å². The van der Waals surface area contributed by atoms with Crippen molar-refractivity contribution >= 4 is 35.8 Å². The molecular formula is C17H21Cl2NOS. The molecule has 0 fully saturated rings. The topological polar surface area (TPSA) is 46.2 Å². The Balaban J connectivity index is 0.00000242. The molecule has 2 rings (SSSR count). The molecule has 0 amide bonds. The lowest BCUT2D eigenvalue weighted by molar-refractivity contribution is 0.133.